The first-order valence-corrected chi connectivity index (χ1v) is 5.23. The molecule has 0 amide bonds. The van der Waals surface area contributed by atoms with Gasteiger partial charge in [-0.25, -0.2) is 4.98 Å². The van der Waals surface area contributed by atoms with Crippen LogP contribution in [0.15, 0.2) is 30.6 Å². The van der Waals surface area contributed by atoms with Crippen LogP contribution in [0.3, 0.4) is 0 Å². The van der Waals surface area contributed by atoms with E-state index in [1.165, 1.54) is 0 Å². The number of aromatic nitrogens is 2. The van der Waals surface area contributed by atoms with Crippen LogP contribution in [0.1, 0.15) is 12.8 Å². The lowest BCUT2D eigenvalue weighted by molar-refractivity contribution is 0.734. The molecule has 0 bridgehead atoms. The molecule has 0 aromatic carbocycles. The lowest BCUT2D eigenvalue weighted by Gasteiger charge is -2.17. The van der Waals surface area contributed by atoms with Gasteiger partial charge in [0, 0.05) is 18.9 Å². The van der Waals surface area contributed by atoms with Crippen LogP contribution in [-0.4, -0.2) is 21.5 Å². The average Bonchev–Trinajstić information content (AvgIpc) is 2.87. The third-order valence-corrected chi connectivity index (χ3v) is 3.07. The molecule has 2 heterocycles. The number of pyridine rings is 1. The van der Waals surface area contributed by atoms with E-state index < -0.39 is 0 Å². The molecular weight excluding hydrogens is 188 g/mol. The number of nitrogens with zero attached hydrogens (tertiary/aromatic N) is 2. The number of nitrogens with two attached hydrogens (primary N) is 1. The van der Waals surface area contributed by atoms with Gasteiger partial charge in [0.15, 0.2) is 0 Å². The first-order chi connectivity index (χ1) is 7.33. The predicted octanol–water partition coefficient (Wildman–Crippen LogP) is 1.24. The van der Waals surface area contributed by atoms with Crippen molar-refractivity contribution in [3.05, 3.63) is 30.6 Å². The molecule has 4 nitrogen and oxygen atoms in total. The highest BCUT2D eigenvalue weighted by Gasteiger charge is 2.41. The van der Waals surface area contributed by atoms with E-state index >= 15 is 0 Å². The van der Waals surface area contributed by atoms with Crippen LogP contribution >= 0.6 is 0 Å². The lowest BCUT2D eigenvalue weighted by Crippen LogP contribution is -2.31. The van der Waals surface area contributed by atoms with Gasteiger partial charge in [-0.05, 0) is 25.0 Å². The van der Waals surface area contributed by atoms with Crippen LogP contribution in [0.25, 0.3) is 5.65 Å². The van der Waals surface area contributed by atoms with Gasteiger partial charge in [0.05, 0.1) is 5.54 Å². The number of anilines is 1. The van der Waals surface area contributed by atoms with Crippen molar-refractivity contribution in [1.82, 2.24) is 9.38 Å². The summed E-state index contributed by atoms with van der Waals surface area (Å²) < 4.78 is 2.05. The molecule has 1 aliphatic carbocycles. The Balaban J connectivity index is 2.00. The van der Waals surface area contributed by atoms with Gasteiger partial charge in [0.2, 0.25) is 0 Å². The third-order valence-electron chi connectivity index (χ3n) is 3.07. The Bertz CT molecular complexity index is 484. The van der Waals surface area contributed by atoms with Crippen LogP contribution in [0, 0.1) is 0 Å². The molecule has 1 saturated carbocycles. The molecule has 0 unspecified atom stereocenters. The Morgan fingerprint density at radius 1 is 1.47 bits per heavy atom. The molecule has 3 N–H and O–H groups in total. The van der Waals surface area contributed by atoms with Crippen molar-refractivity contribution >= 4 is 11.5 Å². The van der Waals surface area contributed by atoms with Crippen LogP contribution in [-0.2, 0) is 0 Å². The SMILES string of the molecule is NCC1(Nc2cccc3nccn23)CC1. The lowest BCUT2D eigenvalue weighted by atomic mass is 10.2. The van der Waals surface area contributed by atoms with Crippen molar-refractivity contribution in [2.75, 3.05) is 11.9 Å². The second kappa shape index (κ2) is 2.97. The number of fused-ring (bicyclic) bond motifs is 1. The quantitative estimate of drug-likeness (QED) is 0.787. The highest BCUT2D eigenvalue weighted by atomic mass is 15.2. The van der Waals surface area contributed by atoms with Crippen molar-refractivity contribution in [3.63, 3.8) is 0 Å². The van der Waals surface area contributed by atoms with Crippen LogP contribution in [0.4, 0.5) is 5.82 Å². The van der Waals surface area contributed by atoms with E-state index in [0.717, 1.165) is 24.3 Å². The minimum atomic E-state index is 0.137. The fourth-order valence-corrected chi connectivity index (χ4v) is 1.85. The van der Waals surface area contributed by atoms with Crippen LogP contribution in [0.2, 0.25) is 0 Å². The molecule has 15 heavy (non-hydrogen) atoms. The number of hydrogen-bond acceptors (Lipinski definition) is 3. The Morgan fingerprint density at radius 3 is 3.07 bits per heavy atom. The molecule has 2 aromatic heterocycles. The fourth-order valence-electron chi connectivity index (χ4n) is 1.85. The zero-order valence-electron chi connectivity index (χ0n) is 8.48. The normalized spacial score (nSPS) is 17.9. The molecule has 3 rings (SSSR count). The smallest absolute Gasteiger partial charge is 0.138 e. The number of hydrogen-bond donors (Lipinski definition) is 2. The zero-order chi connectivity index (χ0) is 10.3. The largest absolute Gasteiger partial charge is 0.364 e. The topological polar surface area (TPSA) is 55.3 Å². The van der Waals surface area contributed by atoms with Crippen molar-refractivity contribution in [2.24, 2.45) is 5.73 Å². The van der Waals surface area contributed by atoms with Gasteiger partial charge in [-0.1, -0.05) is 6.07 Å². The van der Waals surface area contributed by atoms with E-state index in [1.54, 1.807) is 0 Å². The van der Waals surface area contributed by atoms with Crippen LogP contribution in [0.5, 0.6) is 0 Å². The predicted molar refractivity (Wildman–Crippen MR) is 59.8 cm³/mol. The number of rotatable bonds is 3. The minimum absolute atomic E-state index is 0.137. The highest BCUT2D eigenvalue weighted by Crippen LogP contribution is 2.37. The Morgan fingerprint density at radius 2 is 2.33 bits per heavy atom. The Kier molecular flexibility index (Phi) is 1.73. The van der Waals surface area contributed by atoms with Crippen LogP contribution < -0.4 is 11.1 Å². The number of imidazole rings is 1. The molecule has 0 radical (unpaired) electrons. The molecule has 0 aliphatic heterocycles. The average molecular weight is 202 g/mol. The van der Waals surface area contributed by atoms with Crippen molar-refractivity contribution in [1.29, 1.82) is 0 Å². The van der Waals surface area contributed by atoms with Gasteiger partial charge in [-0.2, -0.15) is 0 Å². The summed E-state index contributed by atoms with van der Waals surface area (Å²) in [6.45, 7) is 0.693. The second-order valence-corrected chi connectivity index (χ2v) is 4.18. The summed E-state index contributed by atoms with van der Waals surface area (Å²) in [4.78, 5) is 4.25. The number of nitrogens with one attached hydrogen (secondary N) is 1. The Hall–Kier alpha value is -1.55. The van der Waals surface area contributed by atoms with Gasteiger partial charge in [0.1, 0.15) is 11.5 Å². The summed E-state index contributed by atoms with van der Waals surface area (Å²) in [5, 5.41) is 3.51. The molecule has 78 valence electrons. The third kappa shape index (κ3) is 1.37. The molecule has 1 fully saturated rings. The van der Waals surface area contributed by atoms with E-state index in [2.05, 4.69) is 20.8 Å². The summed E-state index contributed by atoms with van der Waals surface area (Å²) in [7, 11) is 0. The fraction of sp³-hybridized carbons (Fsp3) is 0.364. The summed E-state index contributed by atoms with van der Waals surface area (Å²) in [5.41, 5.74) is 6.85. The van der Waals surface area contributed by atoms with Gasteiger partial charge < -0.3 is 11.1 Å². The molecule has 2 aromatic rings. The summed E-state index contributed by atoms with van der Waals surface area (Å²) in [5.74, 6) is 1.08. The second-order valence-electron chi connectivity index (χ2n) is 4.18. The van der Waals surface area contributed by atoms with Crippen molar-refractivity contribution < 1.29 is 0 Å². The van der Waals surface area contributed by atoms with E-state index in [-0.39, 0.29) is 5.54 Å². The maximum atomic E-state index is 5.75. The molecule has 0 saturated heterocycles. The minimum Gasteiger partial charge on any atom is -0.364 e. The monoisotopic (exact) mass is 202 g/mol. The van der Waals surface area contributed by atoms with Gasteiger partial charge in [0.25, 0.3) is 0 Å². The van der Waals surface area contributed by atoms with Gasteiger partial charge >= 0.3 is 0 Å². The summed E-state index contributed by atoms with van der Waals surface area (Å²) in [6.07, 6.45) is 6.09. The summed E-state index contributed by atoms with van der Waals surface area (Å²) in [6, 6.07) is 6.06. The zero-order valence-corrected chi connectivity index (χ0v) is 8.48. The molecule has 0 atom stereocenters. The van der Waals surface area contributed by atoms with Gasteiger partial charge in [-0.3, -0.25) is 4.40 Å². The first-order valence-electron chi connectivity index (χ1n) is 5.23. The first kappa shape index (κ1) is 8.73. The standard InChI is InChI=1S/C11H14N4/c12-8-11(4-5-11)14-10-3-1-2-9-13-6-7-15(9)10/h1-3,6-7,14H,4-5,8,12H2. The molecule has 4 heteroatoms. The highest BCUT2D eigenvalue weighted by molar-refractivity contribution is 5.52. The van der Waals surface area contributed by atoms with Crippen molar-refractivity contribution in [3.8, 4) is 0 Å². The Labute approximate surface area is 88.1 Å². The maximum Gasteiger partial charge on any atom is 0.138 e. The van der Waals surface area contributed by atoms with E-state index in [4.69, 9.17) is 5.73 Å². The summed E-state index contributed by atoms with van der Waals surface area (Å²) >= 11 is 0. The van der Waals surface area contributed by atoms with Crippen molar-refractivity contribution in [2.45, 2.75) is 18.4 Å². The van der Waals surface area contributed by atoms with E-state index in [0.29, 0.717) is 6.54 Å². The molecular formula is C11H14N4. The van der Waals surface area contributed by atoms with E-state index in [1.807, 2.05) is 24.5 Å². The molecule has 0 spiro atoms. The van der Waals surface area contributed by atoms with Gasteiger partial charge in [-0.15, -0.1) is 0 Å². The van der Waals surface area contributed by atoms with E-state index in [9.17, 15) is 0 Å². The molecule has 1 aliphatic rings. The maximum absolute atomic E-state index is 5.75.